The molecule has 1 aliphatic carbocycles. The average Bonchev–Trinajstić information content (AvgIpc) is 3.67. The molecule has 1 aromatic heterocycles. The highest BCUT2D eigenvalue weighted by molar-refractivity contribution is 6.01. The Bertz CT molecular complexity index is 1430. The van der Waals surface area contributed by atoms with Gasteiger partial charge in [0.1, 0.15) is 12.4 Å². The summed E-state index contributed by atoms with van der Waals surface area (Å²) >= 11 is 0. The lowest BCUT2D eigenvalue weighted by Gasteiger charge is -2.18. The van der Waals surface area contributed by atoms with Crippen molar-refractivity contribution in [3.05, 3.63) is 108 Å². The van der Waals surface area contributed by atoms with Crippen LogP contribution in [0.5, 0.6) is 5.75 Å². The van der Waals surface area contributed by atoms with Gasteiger partial charge in [-0.15, -0.1) is 0 Å². The van der Waals surface area contributed by atoms with Gasteiger partial charge in [0, 0.05) is 38.6 Å². The first-order valence-corrected chi connectivity index (χ1v) is 13.1. The van der Waals surface area contributed by atoms with Crippen LogP contribution in [0, 0.1) is 5.92 Å². The standard InChI is InChI=1S/C32H34N4O2/c1-36(2)30(37)9-6-18-33-19-20-38-28-15-12-25(13-16-28)32(26-14-17-29-27(21-26)22-34-35-29)31(24-10-11-24)23-7-4-3-5-8-23/h3-9,12-17,21-22,24,33H,10-11,18-20H2,1-2H3,(H,34,35)/b9-6+,32-31-. The minimum Gasteiger partial charge on any atom is -0.492 e. The minimum atomic E-state index is -0.0154. The summed E-state index contributed by atoms with van der Waals surface area (Å²) in [5.74, 6) is 1.39. The molecular formula is C32H34N4O2. The van der Waals surface area contributed by atoms with Crippen LogP contribution in [0.1, 0.15) is 29.5 Å². The zero-order valence-corrected chi connectivity index (χ0v) is 22.0. The molecule has 3 aromatic carbocycles. The maximum absolute atomic E-state index is 11.6. The van der Waals surface area contributed by atoms with E-state index in [9.17, 15) is 4.79 Å². The first-order chi connectivity index (χ1) is 18.6. The second-order valence-electron chi connectivity index (χ2n) is 9.81. The number of carbonyl (C=O) groups is 1. The Hall–Kier alpha value is -4.16. The van der Waals surface area contributed by atoms with E-state index in [1.165, 1.54) is 40.7 Å². The van der Waals surface area contributed by atoms with Crippen molar-refractivity contribution in [3.63, 3.8) is 0 Å². The number of H-pyrrole nitrogens is 1. The Labute approximate surface area is 224 Å². The Balaban J connectivity index is 1.34. The number of allylic oxidation sites excluding steroid dienone is 1. The number of ether oxygens (including phenoxy) is 1. The van der Waals surface area contributed by atoms with Gasteiger partial charge in [-0.25, -0.2) is 0 Å². The summed E-state index contributed by atoms with van der Waals surface area (Å²) in [6.07, 6.45) is 7.72. The lowest BCUT2D eigenvalue weighted by atomic mass is 9.86. The second kappa shape index (κ2) is 11.9. The molecule has 0 aliphatic heterocycles. The summed E-state index contributed by atoms with van der Waals surface area (Å²) in [7, 11) is 3.48. The highest BCUT2D eigenvalue weighted by Crippen LogP contribution is 2.47. The molecule has 1 heterocycles. The van der Waals surface area contributed by atoms with Crippen molar-refractivity contribution in [2.24, 2.45) is 5.92 Å². The van der Waals surface area contributed by atoms with Gasteiger partial charge in [-0.2, -0.15) is 5.10 Å². The number of nitrogens with one attached hydrogen (secondary N) is 2. The van der Waals surface area contributed by atoms with Gasteiger partial charge in [-0.1, -0.05) is 54.6 Å². The number of benzene rings is 3. The smallest absolute Gasteiger partial charge is 0.245 e. The van der Waals surface area contributed by atoms with Gasteiger partial charge >= 0.3 is 0 Å². The summed E-state index contributed by atoms with van der Waals surface area (Å²) in [5.41, 5.74) is 7.38. The number of amides is 1. The van der Waals surface area contributed by atoms with E-state index >= 15 is 0 Å². The van der Waals surface area contributed by atoms with Crippen molar-refractivity contribution >= 4 is 28.0 Å². The largest absolute Gasteiger partial charge is 0.492 e. The van der Waals surface area contributed by atoms with Gasteiger partial charge in [-0.3, -0.25) is 9.89 Å². The van der Waals surface area contributed by atoms with Crippen LogP contribution in [0.25, 0.3) is 22.0 Å². The predicted octanol–water partition coefficient (Wildman–Crippen LogP) is 5.54. The molecule has 0 bridgehead atoms. The van der Waals surface area contributed by atoms with Gasteiger partial charge in [0.2, 0.25) is 5.91 Å². The summed E-state index contributed by atoms with van der Waals surface area (Å²) in [6, 6.07) is 25.7. The molecule has 1 aliphatic rings. The summed E-state index contributed by atoms with van der Waals surface area (Å²) in [6.45, 7) is 1.87. The van der Waals surface area contributed by atoms with Crippen molar-refractivity contribution in [1.82, 2.24) is 20.4 Å². The molecule has 0 spiro atoms. The normalized spacial score (nSPS) is 14.1. The first-order valence-electron chi connectivity index (χ1n) is 13.1. The van der Waals surface area contributed by atoms with Crippen LogP contribution >= 0.6 is 0 Å². The lowest BCUT2D eigenvalue weighted by Crippen LogP contribution is -2.22. The van der Waals surface area contributed by atoms with E-state index < -0.39 is 0 Å². The Morgan fingerprint density at radius 1 is 1.03 bits per heavy atom. The van der Waals surface area contributed by atoms with E-state index in [0.29, 0.717) is 25.6 Å². The Morgan fingerprint density at radius 2 is 1.79 bits per heavy atom. The zero-order valence-electron chi connectivity index (χ0n) is 22.0. The molecule has 194 valence electrons. The SMILES string of the molecule is CN(C)C(=O)/C=C/CNCCOc1ccc(/C(=C(\c2ccccc2)C2CC2)c2ccc3[nH]ncc3c2)cc1. The molecule has 0 saturated heterocycles. The fourth-order valence-corrected chi connectivity index (χ4v) is 4.60. The number of rotatable bonds is 11. The molecule has 6 heteroatoms. The average molecular weight is 507 g/mol. The first kappa shape index (κ1) is 25.5. The van der Waals surface area contributed by atoms with E-state index in [2.05, 4.69) is 88.3 Å². The third-order valence-electron chi connectivity index (χ3n) is 6.72. The number of fused-ring (bicyclic) bond motifs is 1. The van der Waals surface area contributed by atoms with E-state index in [-0.39, 0.29) is 5.91 Å². The molecule has 0 unspecified atom stereocenters. The fraction of sp³-hybridized carbons (Fsp3) is 0.250. The van der Waals surface area contributed by atoms with Crippen LogP contribution < -0.4 is 10.1 Å². The molecule has 5 rings (SSSR count). The zero-order chi connectivity index (χ0) is 26.3. The molecule has 6 nitrogen and oxygen atoms in total. The van der Waals surface area contributed by atoms with Crippen molar-refractivity contribution in [3.8, 4) is 5.75 Å². The molecule has 1 amide bonds. The predicted molar refractivity (Wildman–Crippen MR) is 154 cm³/mol. The second-order valence-corrected chi connectivity index (χ2v) is 9.81. The van der Waals surface area contributed by atoms with E-state index in [4.69, 9.17) is 4.74 Å². The fourth-order valence-electron chi connectivity index (χ4n) is 4.60. The third-order valence-corrected chi connectivity index (χ3v) is 6.72. The topological polar surface area (TPSA) is 70.2 Å². The van der Waals surface area contributed by atoms with Gasteiger partial charge in [0.05, 0.1) is 11.7 Å². The number of aromatic nitrogens is 2. The number of aromatic amines is 1. The van der Waals surface area contributed by atoms with Crippen LogP contribution in [0.15, 0.2) is 91.1 Å². The Morgan fingerprint density at radius 3 is 2.53 bits per heavy atom. The minimum absolute atomic E-state index is 0.0154. The molecule has 0 atom stereocenters. The number of likely N-dealkylation sites (N-methyl/N-ethyl adjacent to an activating group) is 1. The van der Waals surface area contributed by atoms with Crippen molar-refractivity contribution in [1.29, 1.82) is 0 Å². The van der Waals surface area contributed by atoms with E-state index in [1.807, 2.05) is 12.3 Å². The van der Waals surface area contributed by atoms with E-state index in [0.717, 1.165) is 16.7 Å². The van der Waals surface area contributed by atoms with E-state index in [1.54, 1.807) is 25.1 Å². The highest BCUT2D eigenvalue weighted by Gasteiger charge is 2.30. The molecule has 38 heavy (non-hydrogen) atoms. The molecule has 2 N–H and O–H groups in total. The molecule has 0 radical (unpaired) electrons. The van der Waals surface area contributed by atoms with Crippen LogP contribution in [-0.2, 0) is 4.79 Å². The molecular weight excluding hydrogens is 472 g/mol. The number of nitrogens with zero attached hydrogens (tertiary/aromatic N) is 2. The highest BCUT2D eigenvalue weighted by atomic mass is 16.5. The monoisotopic (exact) mass is 506 g/mol. The van der Waals surface area contributed by atoms with Gasteiger partial charge in [0.25, 0.3) is 0 Å². The Kier molecular flexibility index (Phi) is 8.00. The summed E-state index contributed by atoms with van der Waals surface area (Å²) in [5, 5.41) is 11.7. The van der Waals surface area contributed by atoms with Crippen LogP contribution in [0.3, 0.4) is 0 Å². The number of hydrogen-bond acceptors (Lipinski definition) is 4. The van der Waals surface area contributed by atoms with Gasteiger partial charge < -0.3 is 15.0 Å². The van der Waals surface area contributed by atoms with Crippen LogP contribution in [-0.4, -0.2) is 54.8 Å². The quantitative estimate of drug-likeness (QED) is 0.159. The number of carbonyl (C=O) groups excluding carboxylic acids is 1. The van der Waals surface area contributed by atoms with Crippen LogP contribution in [0.2, 0.25) is 0 Å². The third kappa shape index (κ3) is 6.21. The maximum Gasteiger partial charge on any atom is 0.245 e. The molecule has 1 fully saturated rings. The van der Waals surface area contributed by atoms with Crippen molar-refractivity contribution in [2.75, 3.05) is 33.8 Å². The van der Waals surface area contributed by atoms with Crippen molar-refractivity contribution in [2.45, 2.75) is 12.8 Å². The molecule has 4 aromatic rings. The maximum atomic E-state index is 11.6. The summed E-state index contributed by atoms with van der Waals surface area (Å²) in [4.78, 5) is 13.1. The van der Waals surface area contributed by atoms with Crippen LogP contribution in [0.4, 0.5) is 0 Å². The lowest BCUT2D eigenvalue weighted by molar-refractivity contribution is -0.123. The van der Waals surface area contributed by atoms with Crippen molar-refractivity contribution < 1.29 is 9.53 Å². The number of hydrogen-bond donors (Lipinski definition) is 2. The summed E-state index contributed by atoms with van der Waals surface area (Å²) < 4.78 is 5.97. The molecule has 1 saturated carbocycles. The van der Waals surface area contributed by atoms with Gasteiger partial charge in [-0.05, 0) is 70.9 Å². The van der Waals surface area contributed by atoms with Gasteiger partial charge in [0.15, 0.2) is 0 Å².